The van der Waals surface area contributed by atoms with Gasteiger partial charge in [0.05, 0.1) is 18.5 Å². The minimum absolute atomic E-state index is 0. The van der Waals surface area contributed by atoms with Crippen LogP contribution < -0.4 is 4.74 Å². The second kappa shape index (κ2) is 12.3. The molecule has 29 heavy (non-hydrogen) atoms. The van der Waals surface area contributed by atoms with E-state index in [9.17, 15) is 4.79 Å². The van der Waals surface area contributed by atoms with Gasteiger partial charge in [-0.15, -0.1) is 0 Å². The molecule has 0 aliphatic rings. The van der Waals surface area contributed by atoms with Crippen LogP contribution in [0.4, 0.5) is 0 Å². The first kappa shape index (κ1) is 23.0. The second-order valence-electron chi connectivity index (χ2n) is 6.14. The fourth-order valence-electron chi connectivity index (χ4n) is 2.69. The van der Waals surface area contributed by atoms with E-state index in [0.717, 1.165) is 28.9 Å². The summed E-state index contributed by atoms with van der Waals surface area (Å²) in [5.41, 5.74) is 3.55. The summed E-state index contributed by atoms with van der Waals surface area (Å²) in [6.07, 6.45) is 3.09. The SMILES string of the molecule is O=C(O)COCCCCOc1cnc(-c2ccccc2)c(-c2ccccc2)n1.[NaH]. The molecule has 3 aromatic rings. The topological polar surface area (TPSA) is 81.5 Å². The van der Waals surface area contributed by atoms with Crippen LogP contribution in [0.25, 0.3) is 22.5 Å². The molecule has 1 heterocycles. The zero-order valence-electron chi connectivity index (χ0n) is 15.5. The van der Waals surface area contributed by atoms with Crippen LogP contribution in [0.1, 0.15) is 12.8 Å². The van der Waals surface area contributed by atoms with Crippen LogP contribution in [0.2, 0.25) is 0 Å². The first-order valence-corrected chi connectivity index (χ1v) is 9.14. The zero-order chi connectivity index (χ0) is 19.6. The Labute approximate surface area is 192 Å². The first-order valence-electron chi connectivity index (χ1n) is 9.14. The molecule has 0 aliphatic heterocycles. The monoisotopic (exact) mass is 402 g/mol. The molecule has 0 radical (unpaired) electrons. The average Bonchev–Trinajstić information content (AvgIpc) is 2.74. The molecule has 3 rings (SSSR count). The van der Waals surface area contributed by atoms with Gasteiger partial charge in [0.1, 0.15) is 12.3 Å². The third kappa shape index (κ3) is 7.25. The average molecular weight is 402 g/mol. The molecule has 7 heteroatoms. The number of hydrogen-bond acceptors (Lipinski definition) is 5. The minimum atomic E-state index is -0.960. The van der Waals surface area contributed by atoms with Gasteiger partial charge in [0.15, 0.2) is 0 Å². The van der Waals surface area contributed by atoms with Crippen molar-refractivity contribution in [3.05, 3.63) is 66.9 Å². The summed E-state index contributed by atoms with van der Waals surface area (Å²) in [4.78, 5) is 19.7. The molecule has 0 amide bonds. The predicted molar refractivity (Wildman–Crippen MR) is 113 cm³/mol. The molecule has 2 aromatic carbocycles. The number of aliphatic carboxylic acids is 1. The number of carboxylic acid groups (broad SMARTS) is 1. The molecular weight excluding hydrogens is 379 g/mol. The van der Waals surface area contributed by atoms with E-state index in [1.165, 1.54) is 0 Å². The van der Waals surface area contributed by atoms with Gasteiger partial charge in [0.25, 0.3) is 0 Å². The number of hydrogen-bond donors (Lipinski definition) is 1. The number of benzene rings is 2. The summed E-state index contributed by atoms with van der Waals surface area (Å²) < 4.78 is 10.7. The third-order valence-electron chi connectivity index (χ3n) is 4.00. The van der Waals surface area contributed by atoms with E-state index in [4.69, 9.17) is 14.6 Å². The Hall–Kier alpha value is -2.25. The van der Waals surface area contributed by atoms with Crippen molar-refractivity contribution in [2.45, 2.75) is 12.8 Å². The van der Waals surface area contributed by atoms with Crippen LogP contribution >= 0.6 is 0 Å². The predicted octanol–water partition coefficient (Wildman–Crippen LogP) is 3.42. The molecule has 0 spiro atoms. The zero-order valence-corrected chi connectivity index (χ0v) is 15.5. The Morgan fingerprint density at radius 1 is 0.862 bits per heavy atom. The van der Waals surface area contributed by atoms with E-state index in [2.05, 4.69) is 9.97 Å². The molecular formula is C22H23N2NaO4. The molecule has 0 atom stereocenters. The molecule has 0 saturated heterocycles. The Bertz CT molecular complexity index is 892. The van der Waals surface area contributed by atoms with Gasteiger partial charge in [-0.2, -0.15) is 0 Å². The summed E-state index contributed by atoms with van der Waals surface area (Å²) in [7, 11) is 0. The fourth-order valence-corrected chi connectivity index (χ4v) is 2.69. The summed E-state index contributed by atoms with van der Waals surface area (Å²) >= 11 is 0. The molecule has 0 aliphatic carbocycles. The van der Waals surface area contributed by atoms with Crippen molar-refractivity contribution in [1.29, 1.82) is 0 Å². The Kier molecular flexibility index (Phi) is 9.80. The number of aromatic nitrogens is 2. The van der Waals surface area contributed by atoms with Gasteiger partial charge in [-0.1, -0.05) is 60.7 Å². The number of carboxylic acids is 1. The fraction of sp³-hybridized carbons (Fsp3) is 0.227. The van der Waals surface area contributed by atoms with E-state index in [-0.39, 0.29) is 36.2 Å². The van der Waals surface area contributed by atoms with Gasteiger partial charge in [0.2, 0.25) is 5.88 Å². The van der Waals surface area contributed by atoms with Crippen LogP contribution in [0.15, 0.2) is 66.9 Å². The van der Waals surface area contributed by atoms with Crippen molar-refractivity contribution in [3.63, 3.8) is 0 Å². The summed E-state index contributed by atoms with van der Waals surface area (Å²) in [5.74, 6) is -0.497. The van der Waals surface area contributed by atoms with Gasteiger partial charge in [-0.25, -0.2) is 14.8 Å². The van der Waals surface area contributed by atoms with Crippen LogP contribution in [-0.4, -0.2) is 70.4 Å². The Morgan fingerprint density at radius 3 is 2.07 bits per heavy atom. The van der Waals surface area contributed by atoms with E-state index < -0.39 is 5.97 Å². The number of unbranched alkanes of at least 4 members (excludes halogenated alkanes) is 1. The van der Waals surface area contributed by atoms with E-state index >= 15 is 0 Å². The van der Waals surface area contributed by atoms with Crippen molar-refractivity contribution < 1.29 is 19.4 Å². The quantitative estimate of drug-likeness (QED) is 0.413. The normalized spacial score (nSPS) is 10.2. The van der Waals surface area contributed by atoms with E-state index in [1.807, 2.05) is 60.7 Å². The van der Waals surface area contributed by atoms with Gasteiger partial charge >= 0.3 is 35.5 Å². The van der Waals surface area contributed by atoms with Crippen LogP contribution in [0, 0.1) is 0 Å². The summed E-state index contributed by atoms with van der Waals surface area (Å²) in [5, 5.41) is 8.52. The maximum absolute atomic E-state index is 10.4. The first-order chi connectivity index (χ1) is 13.7. The maximum atomic E-state index is 10.4. The van der Waals surface area contributed by atoms with Gasteiger partial charge < -0.3 is 14.6 Å². The van der Waals surface area contributed by atoms with Crippen LogP contribution in [-0.2, 0) is 9.53 Å². The van der Waals surface area contributed by atoms with Crippen molar-refractivity contribution in [1.82, 2.24) is 9.97 Å². The van der Waals surface area contributed by atoms with Crippen LogP contribution in [0.3, 0.4) is 0 Å². The van der Waals surface area contributed by atoms with Crippen molar-refractivity contribution >= 4 is 35.5 Å². The van der Waals surface area contributed by atoms with E-state index in [1.54, 1.807) is 6.20 Å². The van der Waals surface area contributed by atoms with Crippen molar-refractivity contribution in [2.75, 3.05) is 19.8 Å². The van der Waals surface area contributed by atoms with Crippen LogP contribution in [0.5, 0.6) is 5.88 Å². The van der Waals surface area contributed by atoms with Gasteiger partial charge in [-0.05, 0) is 12.8 Å². The van der Waals surface area contributed by atoms with Crippen molar-refractivity contribution in [2.24, 2.45) is 0 Å². The molecule has 0 unspecified atom stereocenters. The summed E-state index contributed by atoms with van der Waals surface area (Å²) in [6, 6.07) is 19.8. The number of ether oxygens (including phenoxy) is 2. The number of nitrogens with zero attached hydrogens (tertiary/aromatic N) is 2. The Balaban J connectivity index is 0.00000300. The molecule has 0 bridgehead atoms. The molecule has 0 fully saturated rings. The van der Waals surface area contributed by atoms with E-state index in [0.29, 0.717) is 25.5 Å². The second-order valence-corrected chi connectivity index (χ2v) is 6.14. The number of carbonyl (C=O) groups is 1. The molecule has 146 valence electrons. The summed E-state index contributed by atoms with van der Waals surface area (Å²) in [6.45, 7) is 0.585. The molecule has 0 saturated carbocycles. The molecule has 6 nitrogen and oxygen atoms in total. The van der Waals surface area contributed by atoms with Gasteiger partial charge in [0, 0.05) is 17.7 Å². The van der Waals surface area contributed by atoms with Gasteiger partial charge in [-0.3, -0.25) is 0 Å². The standard InChI is InChI=1S/C22H22N2O4.Na.H/c25-20(26)16-27-13-7-8-14-28-19-15-23-21(17-9-3-1-4-10-17)22(24-19)18-11-5-2-6-12-18;;/h1-6,9-12,15H,7-8,13-14,16H2,(H,25,26);;. The Morgan fingerprint density at radius 2 is 1.45 bits per heavy atom. The number of rotatable bonds is 10. The third-order valence-corrected chi connectivity index (χ3v) is 4.00. The van der Waals surface area contributed by atoms with Crippen molar-refractivity contribution in [3.8, 4) is 28.4 Å². The molecule has 1 aromatic heterocycles. The molecule has 1 N–H and O–H groups in total.